The zero-order valence-corrected chi connectivity index (χ0v) is 20.4. The van der Waals surface area contributed by atoms with E-state index >= 15 is 0 Å². The summed E-state index contributed by atoms with van der Waals surface area (Å²) in [5, 5.41) is 10.2. The van der Waals surface area contributed by atoms with Crippen LogP contribution < -0.4 is 20.1 Å². The number of nitriles is 1. The Labute approximate surface area is 207 Å². The molecule has 0 aromatic heterocycles. The zero-order valence-electron chi connectivity index (χ0n) is 20.4. The van der Waals surface area contributed by atoms with Gasteiger partial charge in [-0.25, -0.2) is 0 Å². The second-order valence-electron chi connectivity index (χ2n) is 9.64. The normalized spacial score (nSPS) is 19.7. The number of benzene rings is 2. The lowest BCUT2D eigenvalue weighted by atomic mass is 9.68. The van der Waals surface area contributed by atoms with Gasteiger partial charge in [0.15, 0.2) is 17.3 Å². The average molecular weight is 498 g/mol. The summed E-state index contributed by atoms with van der Waals surface area (Å²) in [6.07, 6.45) is -3.96. The fourth-order valence-electron chi connectivity index (χ4n) is 4.99. The van der Waals surface area contributed by atoms with Gasteiger partial charge in [-0.3, -0.25) is 9.69 Å². The van der Waals surface area contributed by atoms with Crippen molar-refractivity contribution in [1.29, 1.82) is 5.26 Å². The van der Waals surface area contributed by atoms with Crippen LogP contribution in [-0.2, 0) is 11.0 Å². The van der Waals surface area contributed by atoms with Crippen LogP contribution >= 0.6 is 0 Å². The van der Waals surface area contributed by atoms with Crippen molar-refractivity contribution in [2.24, 2.45) is 11.1 Å². The largest absolute Gasteiger partial charge is 0.493 e. The van der Waals surface area contributed by atoms with E-state index in [1.54, 1.807) is 18.2 Å². The molecule has 0 saturated heterocycles. The Balaban J connectivity index is 1.99. The van der Waals surface area contributed by atoms with Gasteiger partial charge >= 0.3 is 6.18 Å². The molecule has 0 amide bonds. The zero-order chi connectivity index (χ0) is 26.4. The quantitative estimate of drug-likeness (QED) is 0.586. The summed E-state index contributed by atoms with van der Waals surface area (Å²) in [5.41, 5.74) is 6.87. The number of anilines is 1. The van der Waals surface area contributed by atoms with Gasteiger partial charge in [0.1, 0.15) is 5.82 Å². The number of nitrogens with zero attached hydrogens (tertiary/aromatic N) is 2. The number of allylic oxidation sites excluding steroid dienone is 3. The smallest absolute Gasteiger partial charge is 0.416 e. The Hall–Kier alpha value is -3.93. The van der Waals surface area contributed by atoms with E-state index in [2.05, 4.69) is 6.07 Å². The predicted molar refractivity (Wildman–Crippen MR) is 128 cm³/mol. The van der Waals surface area contributed by atoms with E-state index in [0.717, 1.165) is 12.1 Å². The van der Waals surface area contributed by atoms with Gasteiger partial charge in [-0.05, 0) is 47.7 Å². The van der Waals surface area contributed by atoms with Crippen molar-refractivity contribution in [2.45, 2.75) is 38.8 Å². The van der Waals surface area contributed by atoms with Crippen molar-refractivity contribution < 1.29 is 27.4 Å². The fraction of sp³-hybridized carbons (Fsp3) is 0.333. The minimum absolute atomic E-state index is 0.0131. The molecule has 1 atom stereocenters. The summed E-state index contributed by atoms with van der Waals surface area (Å²) < 4.78 is 51.3. The first-order valence-corrected chi connectivity index (χ1v) is 11.3. The third kappa shape index (κ3) is 4.28. The van der Waals surface area contributed by atoms with Crippen molar-refractivity contribution in [1.82, 2.24) is 0 Å². The number of methoxy groups -OCH3 is 2. The molecular weight excluding hydrogens is 471 g/mol. The number of hydrogen-bond acceptors (Lipinski definition) is 6. The van der Waals surface area contributed by atoms with Crippen LogP contribution in [0.5, 0.6) is 11.5 Å². The molecule has 1 aliphatic heterocycles. The van der Waals surface area contributed by atoms with Gasteiger partial charge in [-0.1, -0.05) is 26.0 Å². The fourth-order valence-corrected chi connectivity index (χ4v) is 4.99. The third-order valence-electron chi connectivity index (χ3n) is 6.55. The third-order valence-corrected chi connectivity index (χ3v) is 6.55. The molecule has 1 heterocycles. The van der Waals surface area contributed by atoms with E-state index in [4.69, 9.17) is 15.2 Å². The molecule has 2 aromatic rings. The Morgan fingerprint density at radius 2 is 1.78 bits per heavy atom. The molecule has 0 unspecified atom stereocenters. The Morgan fingerprint density at radius 1 is 1.08 bits per heavy atom. The van der Waals surface area contributed by atoms with Crippen LogP contribution in [0.2, 0.25) is 0 Å². The second kappa shape index (κ2) is 8.94. The SMILES string of the molecule is COc1ccc([C@H]2C(C#N)=C(N)N(c3cccc(C(F)(F)F)c3)C3=C2C(=O)CC(C)(C)C3)cc1OC. The van der Waals surface area contributed by atoms with E-state index < -0.39 is 23.1 Å². The van der Waals surface area contributed by atoms with Gasteiger partial charge in [-0.2, -0.15) is 18.4 Å². The van der Waals surface area contributed by atoms with E-state index in [-0.39, 0.29) is 29.3 Å². The number of carbonyl (C=O) groups is 1. The molecule has 0 fully saturated rings. The number of ether oxygens (including phenoxy) is 2. The van der Waals surface area contributed by atoms with E-state index in [9.17, 15) is 23.2 Å². The molecule has 0 bridgehead atoms. The van der Waals surface area contributed by atoms with Crippen molar-refractivity contribution >= 4 is 11.5 Å². The van der Waals surface area contributed by atoms with E-state index in [1.165, 1.54) is 31.3 Å². The maximum atomic E-state index is 13.6. The average Bonchev–Trinajstić information content (AvgIpc) is 2.81. The minimum Gasteiger partial charge on any atom is -0.493 e. The molecule has 4 rings (SSSR count). The molecule has 36 heavy (non-hydrogen) atoms. The number of rotatable bonds is 4. The van der Waals surface area contributed by atoms with Crippen molar-refractivity contribution in [2.75, 3.05) is 19.1 Å². The van der Waals surface area contributed by atoms with Crippen molar-refractivity contribution in [3.8, 4) is 17.6 Å². The minimum atomic E-state index is -4.57. The summed E-state index contributed by atoms with van der Waals surface area (Å²) in [5.74, 6) is -0.102. The molecule has 2 aliphatic rings. The summed E-state index contributed by atoms with van der Waals surface area (Å²) in [6, 6.07) is 11.9. The summed E-state index contributed by atoms with van der Waals surface area (Å²) in [7, 11) is 2.98. The highest BCUT2D eigenvalue weighted by Gasteiger charge is 2.45. The van der Waals surface area contributed by atoms with Gasteiger partial charge in [0.05, 0.1) is 37.3 Å². The second-order valence-corrected chi connectivity index (χ2v) is 9.64. The number of ketones is 1. The lowest BCUT2D eigenvalue weighted by Crippen LogP contribution is -2.42. The molecule has 0 saturated carbocycles. The molecule has 1 aliphatic carbocycles. The number of hydrogen-bond donors (Lipinski definition) is 1. The summed E-state index contributed by atoms with van der Waals surface area (Å²) >= 11 is 0. The lowest BCUT2D eigenvalue weighted by molar-refractivity contribution is -0.137. The number of carbonyl (C=O) groups excluding carboxylic acids is 1. The number of Topliss-reactive ketones (excluding diaryl/α,β-unsaturated/α-hetero) is 1. The highest BCUT2D eigenvalue weighted by atomic mass is 19.4. The standard InChI is InChI=1S/C27H26F3N3O3/c1-26(2)12-19-24(20(34)13-26)23(15-8-9-21(35-3)22(10-15)36-4)18(14-31)25(32)33(19)17-7-5-6-16(11-17)27(28,29)30/h5-11,23H,12-13,32H2,1-4H3/t23-/m0/s1. The van der Waals surface area contributed by atoms with Crippen LogP contribution in [-0.4, -0.2) is 20.0 Å². The molecule has 9 heteroatoms. The number of nitrogens with two attached hydrogens (primary N) is 1. The van der Waals surface area contributed by atoms with Crippen LogP contribution in [0.15, 0.2) is 65.1 Å². The van der Waals surface area contributed by atoms with Gasteiger partial charge in [0.2, 0.25) is 0 Å². The van der Waals surface area contributed by atoms with Crippen LogP contribution in [0.3, 0.4) is 0 Å². The van der Waals surface area contributed by atoms with Crippen molar-refractivity contribution in [3.63, 3.8) is 0 Å². The molecule has 188 valence electrons. The number of halogens is 3. The lowest BCUT2D eigenvalue weighted by Gasteiger charge is -2.44. The highest BCUT2D eigenvalue weighted by Crippen LogP contribution is 2.51. The summed E-state index contributed by atoms with van der Waals surface area (Å²) in [6.45, 7) is 3.84. The van der Waals surface area contributed by atoms with Crippen molar-refractivity contribution in [3.05, 3.63) is 76.3 Å². The monoisotopic (exact) mass is 497 g/mol. The first-order chi connectivity index (χ1) is 16.9. The van der Waals surface area contributed by atoms with Crippen LogP contribution in [0, 0.1) is 16.7 Å². The maximum absolute atomic E-state index is 13.6. The Morgan fingerprint density at radius 3 is 2.39 bits per heavy atom. The van der Waals surface area contributed by atoms with Crippen LogP contribution in [0.4, 0.5) is 18.9 Å². The number of alkyl halides is 3. The van der Waals surface area contributed by atoms with Gasteiger partial charge in [0.25, 0.3) is 0 Å². The molecule has 2 aromatic carbocycles. The van der Waals surface area contributed by atoms with Gasteiger partial charge < -0.3 is 15.2 Å². The predicted octanol–water partition coefficient (Wildman–Crippen LogP) is 5.66. The Bertz CT molecular complexity index is 1340. The van der Waals surface area contributed by atoms with Crippen LogP contribution in [0.1, 0.15) is 43.7 Å². The molecule has 2 N–H and O–H groups in total. The van der Waals surface area contributed by atoms with E-state index in [1.807, 2.05) is 13.8 Å². The molecule has 6 nitrogen and oxygen atoms in total. The van der Waals surface area contributed by atoms with Crippen LogP contribution in [0.25, 0.3) is 0 Å². The van der Waals surface area contributed by atoms with Gasteiger partial charge in [-0.15, -0.1) is 0 Å². The molecule has 0 spiro atoms. The summed E-state index contributed by atoms with van der Waals surface area (Å²) in [4.78, 5) is 15.0. The molecular formula is C27H26F3N3O3. The molecule has 0 radical (unpaired) electrons. The first-order valence-electron chi connectivity index (χ1n) is 11.3. The topological polar surface area (TPSA) is 88.6 Å². The highest BCUT2D eigenvalue weighted by molar-refractivity contribution is 6.01. The van der Waals surface area contributed by atoms with Gasteiger partial charge in [0, 0.05) is 23.4 Å². The maximum Gasteiger partial charge on any atom is 0.416 e. The first kappa shape index (κ1) is 25.2. The van der Waals surface area contributed by atoms with E-state index in [0.29, 0.717) is 34.8 Å². The Kier molecular flexibility index (Phi) is 6.25.